The highest BCUT2D eigenvalue weighted by molar-refractivity contribution is 7.80. The van der Waals surface area contributed by atoms with Gasteiger partial charge in [-0.1, -0.05) is 0 Å². The van der Waals surface area contributed by atoms with Crippen molar-refractivity contribution >= 4 is 66.7 Å². The van der Waals surface area contributed by atoms with E-state index in [4.69, 9.17) is 22.9 Å². The number of hydrogen-bond acceptors (Lipinski definition) is 13. The first-order valence-electron chi connectivity index (χ1n) is 12.9. The minimum Gasteiger partial charge on any atom is -0.394 e. The topological polar surface area (TPSA) is 340 Å². The Morgan fingerprint density at radius 1 is 0.721 bits per heavy atom. The van der Waals surface area contributed by atoms with E-state index in [9.17, 15) is 44.1 Å². The summed E-state index contributed by atoms with van der Waals surface area (Å²) in [6.07, 6.45) is -1.18. The number of carbonyl (C=O) groups excluding carboxylic acids is 6. The number of hydrogen-bond donors (Lipinski definition) is 14. The molecular weight excluding hydrogens is 612 g/mol. The van der Waals surface area contributed by atoms with Crippen molar-refractivity contribution in [1.29, 1.82) is 0 Å². The van der Waals surface area contributed by atoms with Gasteiger partial charge in [0.25, 0.3) is 0 Å². The zero-order valence-corrected chi connectivity index (χ0v) is 25.2. The molecule has 43 heavy (non-hydrogen) atoms. The molecule has 21 heteroatoms. The van der Waals surface area contributed by atoms with Gasteiger partial charge in [0.1, 0.15) is 30.2 Å². The van der Waals surface area contributed by atoms with Gasteiger partial charge < -0.3 is 64.8 Å². The molecule has 0 heterocycles. The van der Waals surface area contributed by atoms with Crippen molar-refractivity contribution in [2.45, 2.75) is 62.1 Å². The molecule has 7 unspecified atom stereocenters. The fourth-order valence-corrected chi connectivity index (χ4v) is 3.62. The molecule has 0 bridgehead atoms. The van der Waals surface area contributed by atoms with Crippen LogP contribution in [0.4, 0.5) is 0 Å². The monoisotopic (exact) mass is 654 g/mol. The van der Waals surface area contributed by atoms with E-state index < -0.39 is 91.0 Å². The summed E-state index contributed by atoms with van der Waals surface area (Å²) in [5.74, 6) is -6.24. The highest BCUT2D eigenvalue weighted by Gasteiger charge is 2.33. The van der Waals surface area contributed by atoms with Crippen molar-refractivity contribution in [2.24, 2.45) is 27.9 Å². The normalized spacial score (nSPS) is 15.7. The zero-order chi connectivity index (χ0) is 33.3. The molecule has 0 saturated heterocycles. The summed E-state index contributed by atoms with van der Waals surface area (Å²) in [5, 5.41) is 40.4. The maximum atomic E-state index is 12.8. The van der Waals surface area contributed by atoms with Gasteiger partial charge in [-0.3, -0.25) is 33.8 Å². The number of nitrogens with zero attached hydrogens (tertiary/aromatic N) is 1. The van der Waals surface area contributed by atoms with Gasteiger partial charge >= 0.3 is 0 Å². The molecule has 0 aromatic rings. The van der Waals surface area contributed by atoms with Crippen molar-refractivity contribution in [3.8, 4) is 0 Å². The predicted octanol–water partition coefficient (Wildman–Crippen LogP) is -7.50. The Balaban J connectivity index is 5.40. The lowest BCUT2D eigenvalue weighted by atomic mass is 10.1. The Morgan fingerprint density at radius 3 is 1.63 bits per heavy atom. The molecule has 0 aliphatic carbocycles. The van der Waals surface area contributed by atoms with E-state index in [1.54, 1.807) is 0 Å². The van der Waals surface area contributed by atoms with Crippen molar-refractivity contribution in [1.82, 2.24) is 26.6 Å². The van der Waals surface area contributed by atoms with Gasteiger partial charge in [-0.15, -0.1) is 0 Å². The molecule has 0 fully saturated rings. The van der Waals surface area contributed by atoms with Gasteiger partial charge in [0, 0.05) is 18.1 Å². The lowest BCUT2D eigenvalue weighted by Crippen LogP contribution is -2.62. The number of nitrogens with one attached hydrogen (secondary N) is 5. The molecule has 0 rings (SSSR count). The van der Waals surface area contributed by atoms with Crippen LogP contribution < -0.4 is 49.5 Å². The van der Waals surface area contributed by atoms with Crippen LogP contribution >= 0.6 is 25.3 Å². The third kappa shape index (κ3) is 14.6. The Morgan fingerprint density at radius 2 is 1.19 bits per heavy atom. The fraction of sp³-hybridized carbons (Fsp3) is 0.682. The molecule has 7 atom stereocenters. The summed E-state index contributed by atoms with van der Waals surface area (Å²) in [7, 11) is 0. The van der Waals surface area contributed by atoms with E-state index >= 15 is 0 Å². The van der Waals surface area contributed by atoms with E-state index in [1.165, 1.54) is 0 Å². The standard InChI is InChI=1S/C22H42N10O9S2/c1-9(35)15(32-19(39)13(6-34)29-17(37)10(23)7-42)21(41)30-12(5-33)18(38)31-14(8-43)20(40)28-11(16(24)36)3-2-4-27-22(25)26/h9-15,33-35,42-43H,2-8,23H2,1H3,(H2,24,36)(H,28,40)(H,29,37)(H,30,41)(H,31,38)(H,32,39)(H4,25,26,27). The third-order valence-corrected chi connectivity index (χ3v) is 6.41. The second-order valence-electron chi connectivity index (χ2n) is 9.16. The number of nitrogens with two attached hydrogens (primary N) is 4. The van der Waals surface area contributed by atoms with Crippen LogP contribution in [0.15, 0.2) is 4.99 Å². The molecule has 6 amide bonds. The summed E-state index contributed by atoms with van der Waals surface area (Å²) in [6.45, 7) is -0.549. The van der Waals surface area contributed by atoms with Crippen LogP contribution in [-0.2, 0) is 28.8 Å². The second-order valence-corrected chi connectivity index (χ2v) is 9.89. The number of guanidine groups is 1. The van der Waals surface area contributed by atoms with E-state index in [2.05, 4.69) is 56.8 Å². The number of carbonyl (C=O) groups is 6. The Hall–Kier alpha value is -3.37. The quantitative estimate of drug-likeness (QED) is 0.0252. The number of aliphatic hydroxyl groups is 3. The second kappa shape index (κ2) is 20.5. The first-order valence-corrected chi connectivity index (χ1v) is 14.1. The first-order chi connectivity index (χ1) is 20.1. The summed E-state index contributed by atoms with van der Waals surface area (Å²) >= 11 is 7.88. The molecule has 246 valence electrons. The van der Waals surface area contributed by atoms with Crippen LogP contribution in [-0.4, -0.2) is 130 Å². The summed E-state index contributed by atoms with van der Waals surface area (Å²) < 4.78 is 0. The maximum absolute atomic E-state index is 12.8. The smallest absolute Gasteiger partial charge is 0.245 e. The molecule has 19 nitrogen and oxygen atoms in total. The molecule has 0 aromatic heterocycles. The lowest BCUT2D eigenvalue weighted by Gasteiger charge is -2.27. The molecule has 0 radical (unpaired) electrons. The van der Waals surface area contributed by atoms with E-state index in [-0.39, 0.29) is 36.9 Å². The third-order valence-electron chi connectivity index (χ3n) is 5.65. The number of rotatable bonds is 20. The minimum absolute atomic E-state index is 0.0585. The lowest BCUT2D eigenvalue weighted by molar-refractivity contribution is -0.137. The van der Waals surface area contributed by atoms with E-state index in [0.717, 1.165) is 6.92 Å². The average molecular weight is 655 g/mol. The molecule has 0 spiro atoms. The van der Waals surface area contributed by atoms with Crippen molar-refractivity contribution in [3.05, 3.63) is 0 Å². The van der Waals surface area contributed by atoms with Gasteiger partial charge in [0.05, 0.1) is 25.4 Å². The number of amides is 6. The largest absolute Gasteiger partial charge is 0.394 e. The van der Waals surface area contributed by atoms with Gasteiger partial charge in [0.2, 0.25) is 35.4 Å². The predicted molar refractivity (Wildman–Crippen MR) is 160 cm³/mol. The number of thiol groups is 2. The average Bonchev–Trinajstić information content (AvgIpc) is 2.95. The molecular formula is C22H42N10O9S2. The van der Waals surface area contributed by atoms with E-state index in [0.29, 0.717) is 0 Å². The number of aliphatic imine (C=N–C) groups is 1. The van der Waals surface area contributed by atoms with Gasteiger partial charge in [-0.2, -0.15) is 25.3 Å². The molecule has 0 aromatic carbocycles. The number of aliphatic hydroxyl groups excluding tert-OH is 3. The Kier molecular flexibility index (Phi) is 18.9. The minimum atomic E-state index is -1.71. The Bertz CT molecular complexity index is 1000. The number of primary amides is 1. The first kappa shape index (κ1) is 39.6. The van der Waals surface area contributed by atoms with Crippen molar-refractivity contribution in [2.75, 3.05) is 31.3 Å². The Labute approximate surface area is 258 Å². The van der Waals surface area contributed by atoms with Crippen LogP contribution in [0, 0.1) is 0 Å². The summed E-state index contributed by atoms with van der Waals surface area (Å²) in [5.41, 5.74) is 21.3. The summed E-state index contributed by atoms with van der Waals surface area (Å²) in [4.78, 5) is 78.4. The molecule has 16 N–H and O–H groups in total. The SMILES string of the molecule is CC(O)C(NC(=O)C(CO)NC(=O)C(N)CS)C(=O)NC(CO)C(=O)NC(CS)C(=O)NC(CCCN=C(N)N)C(N)=O. The summed E-state index contributed by atoms with van der Waals surface area (Å²) in [6, 6.07) is -8.50. The van der Waals surface area contributed by atoms with E-state index in [1.807, 2.05) is 0 Å². The van der Waals surface area contributed by atoms with Crippen molar-refractivity contribution in [3.63, 3.8) is 0 Å². The van der Waals surface area contributed by atoms with Gasteiger partial charge in [-0.05, 0) is 19.8 Å². The highest BCUT2D eigenvalue weighted by Crippen LogP contribution is 2.02. The highest BCUT2D eigenvalue weighted by atomic mass is 32.1. The van der Waals surface area contributed by atoms with Crippen LogP contribution in [0.2, 0.25) is 0 Å². The molecule has 0 aliphatic heterocycles. The van der Waals surface area contributed by atoms with Crippen LogP contribution in [0.1, 0.15) is 19.8 Å². The zero-order valence-electron chi connectivity index (χ0n) is 23.4. The maximum Gasteiger partial charge on any atom is 0.245 e. The van der Waals surface area contributed by atoms with Gasteiger partial charge in [0.15, 0.2) is 5.96 Å². The van der Waals surface area contributed by atoms with Crippen LogP contribution in [0.3, 0.4) is 0 Å². The molecule has 0 aliphatic rings. The van der Waals surface area contributed by atoms with Crippen LogP contribution in [0.25, 0.3) is 0 Å². The van der Waals surface area contributed by atoms with Crippen molar-refractivity contribution < 1.29 is 44.1 Å². The fourth-order valence-electron chi connectivity index (χ4n) is 3.20. The van der Waals surface area contributed by atoms with Gasteiger partial charge in [-0.25, -0.2) is 0 Å². The molecule has 0 saturated carbocycles. The van der Waals surface area contributed by atoms with Crippen LogP contribution in [0.5, 0.6) is 0 Å².